The molecule has 0 radical (unpaired) electrons. The summed E-state index contributed by atoms with van der Waals surface area (Å²) in [6, 6.07) is 9.31. The molecule has 11 heteroatoms. The fourth-order valence-corrected chi connectivity index (χ4v) is 6.87. The van der Waals surface area contributed by atoms with Crippen molar-refractivity contribution in [2.45, 2.75) is 38.0 Å². The topological polar surface area (TPSA) is 105 Å². The van der Waals surface area contributed by atoms with E-state index in [1.807, 2.05) is 36.9 Å². The van der Waals surface area contributed by atoms with Crippen LogP contribution in [0, 0.1) is 13.8 Å². The highest BCUT2D eigenvalue weighted by Crippen LogP contribution is 2.39. The van der Waals surface area contributed by atoms with Gasteiger partial charge in [0.05, 0.1) is 16.3 Å². The largest absolute Gasteiger partial charge is 0.352 e. The van der Waals surface area contributed by atoms with Gasteiger partial charge < -0.3 is 9.80 Å². The van der Waals surface area contributed by atoms with Crippen LogP contribution < -0.4 is 9.80 Å². The molecule has 3 aliphatic rings. The average Bonchev–Trinajstić information content (AvgIpc) is 3.45. The third-order valence-corrected chi connectivity index (χ3v) is 8.97. The molecule has 0 N–H and O–H groups in total. The predicted octanol–water partition coefficient (Wildman–Crippen LogP) is 1.63. The normalized spacial score (nSPS) is 18.3. The maximum absolute atomic E-state index is 13.5. The van der Waals surface area contributed by atoms with Crippen LogP contribution in [0.4, 0.5) is 11.5 Å². The van der Waals surface area contributed by atoms with Gasteiger partial charge in [0.2, 0.25) is 15.9 Å². The number of carbonyl (C=O) groups is 1. The Morgan fingerprint density at radius 3 is 2.17 bits per heavy atom. The minimum absolute atomic E-state index is 0.133. The molecule has 3 aliphatic heterocycles. The first kappa shape index (κ1) is 22.2. The zero-order valence-electron chi connectivity index (χ0n) is 19.8. The average molecular weight is 494 g/mol. The zero-order chi connectivity index (χ0) is 24.3. The molecule has 1 fully saturated rings. The van der Waals surface area contributed by atoms with Gasteiger partial charge >= 0.3 is 0 Å². The van der Waals surface area contributed by atoms with E-state index in [-0.39, 0.29) is 5.91 Å². The molecule has 3 aromatic rings. The Hall–Kier alpha value is -3.31. The fraction of sp³-hybridized carbons (Fsp3) is 0.417. The summed E-state index contributed by atoms with van der Waals surface area (Å²) in [7, 11) is -3.62. The summed E-state index contributed by atoms with van der Waals surface area (Å²) in [5, 5.41) is 13.1. The molecule has 0 saturated carbocycles. The number of hydrogen-bond donors (Lipinski definition) is 0. The molecule has 2 aromatic heterocycles. The van der Waals surface area contributed by atoms with Crippen molar-refractivity contribution in [3.63, 3.8) is 0 Å². The van der Waals surface area contributed by atoms with E-state index in [2.05, 4.69) is 20.2 Å². The van der Waals surface area contributed by atoms with Gasteiger partial charge in [-0.15, -0.1) is 10.2 Å². The number of rotatable bonds is 4. The van der Waals surface area contributed by atoms with Crippen molar-refractivity contribution in [1.82, 2.24) is 24.3 Å². The molecule has 1 saturated heterocycles. The number of amides is 1. The lowest BCUT2D eigenvalue weighted by Gasteiger charge is -2.34. The smallest absolute Gasteiger partial charge is 0.243 e. The summed E-state index contributed by atoms with van der Waals surface area (Å²) in [5.41, 5.74) is 4.78. The van der Waals surface area contributed by atoms with Crippen LogP contribution in [0.1, 0.15) is 28.9 Å². The Balaban J connectivity index is 1.17. The summed E-state index contributed by atoms with van der Waals surface area (Å²) in [6.45, 7) is 6.37. The second kappa shape index (κ2) is 8.13. The SMILES string of the molecule is Cc1cc(C)n(-c2ccc(N3CCN(S(=O)(=O)c4cc5c6c(c4)CCN6C(=O)CC5)CC3)nn2)n1. The van der Waals surface area contributed by atoms with Crippen molar-refractivity contribution in [3.05, 3.63) is 52.8 Å². The van der Waals surface area contributed by atoms with Crippen molar-refractivity contribution in [2.75, 3.05) is 42.5 Å². The van der Waals surface area contributed by atoms with Gasteiger partial charge in [0.25, 0.3) is 0 Å². The molecule has 1 aromatic carbocycles. The molecule has 0 bridgehead atoms. The van der Waals surface area contributed by atoms with Gasteiger partial charge in [0, 0.05) is 44.8 Å². The first-order chi connectivity index (χ1) is 16.8. The Kier molecular flexibility index (Phi) is 5.15. The molecular weight excluding hydrogens is 466 g/mol. The van der Waals surface area contributed by atoms with Crippen LogP contribution in [-0.4, -0.2) is 71.3 Å². The van der Waals surface area contributed by atoms with E-state index < -0.39 is 10.0 Å². The maximum Gasteiger partial charge on any atom is 0.243 e. The van der Waals surface area contributed by atoms with Gasteiger partial charge in [0.15, 0.2) is 11.6 Å². The second-order valence-electron chi connectivity index (χ2n) is 9.37. The summed E-state index contributed by atoms with van der Waals surface area (Å²) < 4.78 is 30.3. The monoisotopic (exact) mass is 493 g/mol. The van der Waals surface area contributed by atoms with Gasteiger partial charge in [-0.25, -0.2) is 13.1 Å². The van der Waals surface area contributed by atoms with E-state index >= 15 is 0 Å². The molecule has 10 nitrogen and oxygen atoms in total. The van der Waals surface area contributed by atoms with Crippen LogP contribution >= 0.6 is 0 Å². The number of piperazine rings is 1. The van der Waals surface area contributed by atoms with Crippen LogP contribution in [0.25, 0.3) is 5.82 Å². The van der Waals surface area contributed by atoms with Crippen LogP contribution in [0.15, 0.2) is 35.2 Å². The molecule has 5 heterocycles. The van der Waals surface area contributed by atoms with Gasteiger partial charge in [0.1, 0.15) is 0 Å². The minimum atomic E-state index is -3.62. The van der Waals surface area contributed by atoms with Crippen LogP contribution in [0.2, 0.25) is 0 Å². The molecule has 6 rings (SSSR count). The van der Waals surface area contributed by atoms with E-state index in [9.17, 15) is 13.2 Å². The summed E-state index contributed by atoms with van der Waals surface area (Å²) >= 11 is 0. The third kappa shape index (κ3) is 3.69. The van der Waals surface area contributed by atoms with Crippen molar-refractivity contribution in [1.29, 1.82) is 0 Å². The number of anilines is 2. The van der Waals surface area contributed by atoms with Gasteiger partial charge in [-0.2, -0.15) is 9.40 Å². The Labute approximate surface area is 204 Å². The molecular formula is C24H27N7O3S. The fourth-order valence-electron chi connectivity index (χ4n) is 5.34. The number of aromatic nitrogens is 4. The highest BCUT2D eigenvalue weighted by Gasteiger charge is 2.35. The Bertz CT molecular complexity index is 1420. The second-order valence-corrected chi connectivity index (χ2v) is 11.3. The molecule has 0 unspecified atom stereocenters. The Morgan fingerprint density at radius 2 is 1.51 bits per heavy atom. The lowest BCUT2D eigenvalue weighted by molar-refractivity contribution is -0.118. The van der Waals surface area contributed by atoms with E-state index in [0.717, 1.165) is 34.0 Å². The number of hydrogen-bond acceptors (Lipinski definition) is 7. The summed E-state index contributed by atoms with van der Waals surface area (Å²) in [6.07, 6.45) is 1.74. The predicted molar refractivity (Wildman–Crippen MR) is 130 cm³/mol. The highest BCUT2D eigenvalue weighted by atomic mass is 32.2. The van der Waals surface area contributed by atoms with E-state index in [4.69, 9.17) is 0 Å². The van der Waals surface area contributed by atoms with E-state index in [1.54, 1.807) is 21.1 Å². The maximum atomic E-state index is 13.5. The first-order valence-electron chi connectivity index (χ1n) is 11.9. The lowest BCUT2D eigenvalue weighted by atomic mass is 10.00. The molecule has 1 amide bonds. The zero-order valence-corrected chi connectivity index (χ0v) is 20.6. The Morgan fingerprint density at radius 1 is 0.829 bits per heavy atom. The van der Waals surface area contributed by atoms with Gasteiger partial charge in [-0.05, 0) is 68.1 Å². The van der Waals surface area contributed by atoms with Gasteiger partial charge in [-0.1, -0.05) is 0 Å². The molecule has 0 atom stereocenters. The van der Waals surface area contributed by atoms with Crippen molar-refractivity contribution < 1.29 is 13.2 Å². The number of sulfonamides is 1. The molecule has 182 valence electrons. The quantitative estimate of drug-likeness (QED) is 0.544. The number of aryl methyl sites for hydroxylation is 3. The molecule has 0 aliphatic carbocycles. The van der Waals surface area contributed by atoms with E-state index in [0.29, 0.717) is 62.7 Å². The number of benzene rings is 1. The van der Waals surface area contributed by atoms with Crippen LogP contribution in [0.3, 0.4) is 0 Å². The van der Waals surface area contributed by atoms with E-state index in [1.165, 1.54) is 0 Å². The van der Waals surface area contributed by atoms with Crippen LogP contribution in [-0.2, 0) is 27.7 Å². The van der Waals surface area contributed by atoms with Crippen LogP contribution in [0.5, 0.6) is 0 Å². The molecule has 35 heavy (non-hydrogen) atoms. The lowest BCUT2D eigenvalue weighted by Crippen LogP contribution is -2.49. The number of carbonyl (C=O) groups excluding carboxylic acids is 1. The molecule has 0 spiro atoms. The summed E-state index contributed by atoms with van der Waals surface area (Å²) in [4.78, 5) is 16.4. The van der Waals surface area contributed by atoms with Crippen molar-refractivity contribution in [2.24, 2.45) is 0 Å². The van der Waals surface area contributed by atoms with Crippen molar-refractivity contribution in [3.8, 4) is 5.82 Å². The summed E-state index contributed by atoms with van der Waals surface area (Å²) in [5.74, 6) is 1.51. The first-order valence-corrected chi connectivity index (χ1v) is 13.3. The third-order valence-electron chi connectivity index (χ3n) is 7.09. The minimum Gasteiger partial charge on any atom is -0.352 e. The van der Waals surface area contributed by atoms with Gasteiger partial charge in [-0.3, -0.25) is 4.79 Å². The highest BCUT2D eigenvalue weighted by molar-refractivity contribution is 7.89. The standard InChI is InChI=1S/C24H27N7O3S/c1-16-13-17(2)31(27-16)22-5-4-21(25-26-22)28-9-11-29(12-10-28)35(33,34)20-14-18-3-6-23(32)30-8-7-19(15-20)24(18)30/h4-5,13-15H,3,6-12H2,1-2H3. The number of nitrogens with zero attached hydrogens (tertiary/aromatic N) is 7. The van der Waals surface area contributed by atoms with Crippen molar-refractivity contribution >= 4 is 27.4 Å².